The summed E-state index contributed by atoms with van der Waals surface area (Å²) in [5.41, 5.74) is 1.43. The Morgan fingerprint density at radius 3 is 3.05 bits per heavy atom. The molecule has 5 nitrogen and oxygen atoms in total. The molecule has 1 amide bonds. The van der Waals surface area contributed by atoms with Gasteiger partial charge in [0.2, 0.25) is 5.91 Å². The summed E-state index contributed by atoms with van der Waals surface area (Å²) in [5, 5.41) is 13.3. The molecule has 0 aliphatic carbocycles. The Morgan fingerprint density at radius 1 is 1.41 bits per heavy atom. The van der Waals surface area contributed by atoms with E-state index in [1.165, 1.54) is 18.4 Å². The minimum Gasteiger partial charge on any atom is -0.467 e. The first kappa shape index (κ1) is 14.3. The van der Waals surface area contributed by atoms with Gasteiger partial charge in [-0.2, -0.15) is 0 Å². The van der Waals surface area contributed by atoms with E-state index in [9.17, 15) is 14.3 Å². The highest BCUT2D eigenvalue weighted by molar-refractivity contribution is 5.88. The minimum absolute atomic E-state index is 0.0727. The Hall–Kier alpha value is -2.60. The van der Waals surface area contributed by atoms with Crippen molar-refractivity contribution in [1.29, 1.82) is 0 Å². The number of hydrogen-bond acceptors (Lipinski definition) is 3. The lowest BCUT2D eigenvalue weighted by Gasteiger charge is -2.09. The third-order valence-corrected chi connectivity index (χ3v) is 3.44. The summed E-state index contributed by atoms with van der Waals surface area (Å²) in [6.45, 7) is 0.0727. The number of rotatable bonds is 5. The summed E-state index contributed by atoms with van der Waals surface area (Å²) >= 11 is 0. The molecule has 1 aromatic carbocycles. The van der Waals surface area contributed by atoms with Gasteiger partial charge in [0, 0.05) is 17.1 Å². The molecule has 0 fully saturated rings. The first-order valence-electron chi connectivity index (χ1n) is 6.87. The molecule has 0 aliphatic rings. The van der Waals surface area contributed by atoms with Crippen LogP contribution in [-0.4, -0.2) is 22.5 Å². The van der Waals surface area contributed by atoms with E-state index >= 15 is 0 Å². The summed E-state index contributed by atoms with van der Waals surface area (Å²) < 4.78 is 18.2. The molecule has 0 saturated heterocycles. The molecule has 2 heterocycles. The quantitative estimate of drug-likeness (QED) is 0.676. The average Bonchev–Trinajstić information content (AvgIpc) is 3.15. The number of hydrogen-bond donors (Lipinski definition) is 3. The maximum absolute atomic E-state index is 13.1. The fourth-order valence-corrected chi connectivity index (χ4v) is 2.33. The van der Waals surface area contributed by atoms with E-state index in [-0.39, 0.29) is 24.7 Å². The molecule has 3 N–H and O–H groups in total. The van der Waals surface area contributed by atoms with Gasteiger partial charge in [-0.05, 0) is 35.9 Å². The van der Waals surface area contributed by atoms with Gasteiger partial charge in [0.05, 0.1) is 19.2 Å². The van der Waals surface area contributed by atoms with E-state index in [0.29, 0.717) is 11.3 Å². The summed E-state index contributed by atoms with van der Waals surface area (Å²) in [5.74, 6) is -0.148. The van der Waals surface area contributed by atoms with Crippen LogP contribution in [0.1, 0.15) is 17.4 Å². The van der Waals surface area contributed by atoms with Gasteiger partial charge in [-0.15, -0.1) is 0 Å². The first-order chi connectivity index (χ1) is 10.6. The highest BCUT2D eigenvalue weighted by Crippen LogP contribution is 2.19. The fourth-order valence-electron chi connectivity index (χ4n) is 2.33. The molecule has 22 heavy (non-hydrogen) atoms. The largest absolute Gasteiger partial charge is 0.467 e. The van der Waals surface area contributed by atoms with Gasteiger partial charge in [0.1, 0.15) is 17.7 Å². The number of aliphatic hydroxyl groups is 1. The number of carbonyl (C=O) groups is 1. The van der Waals surface area contributed by atoms with Crippen molar-refractivity contribution in [3.05, 3.63) is 59.9 Å². The van der Waals surface area contributed by atoms with E-state index in [0.717, 1.165) is 10.9 Å². The fraction of sp³-hybridized carbons (Fsp3) is 0.188. The van der Waals surface area contributed by atoms with Crippen molar-refractivity contribution in [1.82, 2.24) is 10.3 Å². The van der Waals surface area contributed by atoms with Crippen molar-refractivity contribution in [2.75, 3.05) is 6.54 Å². The second kappa shape index (κ2) is 6.03. The van der Waals surface area contributed by atoms with E-state index < -0.39 is 6.10 Å². The highest BCUT2D eigenvalue weighted by atomic mass is 19.1. The Balaban J connectivity index is 1.61. The van der Waals surface area contributed by atoms with Gasteiger partial charge in [-0.1, -0.05) is 0 Å². The van der Waals surface area contributed by atoms with Crippen molar-refractivity contribution in [3.8, 4) is 0 Å². The highest BCUT2D eigenvalue weighted by Gasteiger charge is 2.13. The van der Waals surface area contributed by atoms with Gasteiger partial charge in [0.25, 0.3) is 0 Å². The lowest BCUT2D eigenvalue weighted by molar-refractivity contribution is -0.120. The zero-order valence-electron chi connectivity index (χ0n) is 11.7. The number of benzene rings is 1. The maximum Gasteiger partial charge on any atom is 0.224 e. The molecule has 1 unspecified atom stereocenters. The SMILES string of the molecule is O=C(Cc1c[nH]c2cc(F)ccc12)NCC(O)c1ccco1. The van der Waals surface area contributed by atoms with E-state index in [4.69, 9.17) is 4.42 Å². The summed E-state index contributed by atoms with van der Waals surface area (Å²) in [4.78, 5) is 14.9. The molecule has 3 rings (SSSR count). The van der Waals surface area contributed by atoms with Crippen LogP contribution in [0.4, 0.5) is 4.39 Å². The number of furan rings is 1. The zero-order chi connectivity index (χ0) is 15.5. The van der Waals surface area contributed by atoms with Crippen molar-refractivity contribution >= 4 is 16.8 Å². The van der Waals surface area contributed by atoms with Crippen LogP contribution in [0, 0.1) is 5.82 Å². The van der Waals surface area contributed by atoms with Gasteiger partial charge in [-0.3, -0.25) is 4.79 Å². The second-order valence-corrected chi connectivity index (χ2v) is 5.02. The molecule has 0 bridgehead atoms. The van der Waals surface area contributed by atoms with Crippen LogP contribution in [0.15, 0.2) is 47.2 Å². The molecule has 1 atom stereocenters. The summed E-state index contributed by atoms with van der Waals surface area (Å²) in [7, 11) is 0. The number of amides is 1. The summed E-state index contributed by atoms with van der Waals surface area (Å²) in [6.07, 6.45) is 2.42. The monoisotopic (exact) mass is 302 g/mol. The van der Waals surface area contributed by atoms with Gasteiger partial charge in [-0.25, -0.2) is 4.39 Å². The van der Waals surface area contributed by atoms with Crippen LogP contribution in [0.3, 0.4) is 0 Å². The Kier molecular flexibility index (Phi) is 3.93. The molecule has 0 aliphatic heterocycles. The van der Waals surface area contributed by atoms with Crippen LogP contribution < -0.4 is 5.32 Å². The average molecular weight is 302 g/mol. The number of carbonyl (C=O) groups excluding carboxylic acids is 1. The number of aromatic nitrogens is 1. The topological polar surface area (TPSA) is 78.3 Å². The summed E-state index contributed by atoms with van der Waals surface area (Å²) in [6, 6.07) is 7.70. The Morgan fingerprint density at radius 2 is 2.27 bits per heavy atom. The van der Waals surface area contributed by atoms with Crippen molar-refractivity contribution in [2.24, 2.45) is 0 Å². The standard InChI is InChI=1S/C16H15FN2O3/c17-11-3-4-12-10(8-18-13(12)7-11)6-16(21)19-9-14(20)15-2-1-5-22-15/h1-5,7-8,14,18,20H,6,9H2,(H,19,21). The van der Waals surface area contributed by atoms with E-state index in [1.54, 1.807) is 24.4 Å². The molecular formula is C16H15FN2O3. The van der Waals surface area contributed by atoms with Crippen molar-refractivity contribution < 1.29 is 18.7 Å². The van der Waals surface area contributed by atoms with Crippen LogP contribution in [-0.2, 0) is 11.2 Å². The molecular weight excluding hydrogens is 287 g/mol. The molecule has 3 aromatic rings. The number of H-pyrrole nitrogens is 1. The molecule has 2 aromatic heterocycles. The third kappa shape index (κ3) is 3.01. The molecule has 0 spiro atoms. The van der Waals surface area contributed by atoms with Crippen LogP contribution in [0.25, 0.3) is 10.9 Å². The molecule has 114 valence electrons. The third-order valence-electron chi connectivity index (χ3n) is 3.44. The van der Waals surface area contributed by atoms with Crippen LogP contribution in [0.5, 0.6) is 0 Å². The lowest BCUT2D eigenvalue weighted by atomic mass is 10.1. The lowest BCUT2D eigenvalue weighted by Crippen LogP contribution is -2.29. The predicted molar refractivity (Wildman–Crippen MR) is 78.6 cm³/mol. The maximum atomic E-state index is 13.1. The van der Waals surface area contributed by atoms with Crippen LogP contribution >= 0.6 is 0 Å². The van der Waals surface area contributed by atoms with Crippen molar-refractivity contribution in [2.45, 2.75) is 12.5 Å². The van der Waals surface area contributed by atoms with Crippen LogP contribution in [0.2, 0.25) is 0 Å². The van der Waals surface area contributed by atoms with E-state index in [1.807, 2.05) is 0 Å². The Labute approximate surface area is 125 Å². The van der Waals surface area contributed by atoms with Gasteiger partial charge >= 0.3 is 0 Å². The van der Waals surface area contributed by atoms with Gasteiger partial charge < -0.3 is 19.8 Å². The molecule has 0 radical (unpaired) electrons. The molecule has 6 heteroatoms. The van der Waals surface area contributed by atoms with Crippen molar-refractivity contribution in [3.63, 3.8) is 0 Å². The van der Waals surface area contributed by atoms with E-state index in [2.05, 4.69) is 10.3 Å². The number of nitrogens with one attached hydrogen (secondary N) is 2. The number of halogens is 1. The predicted octanol–water partition coefficient (Wildman–Crippen LogP) is 2.29. The Bertz CT molecular complexity index is 780. The normalized spacial score (nSPS) is 12.5. The smallest absolute Gasteiger partial charge is 0.224 e. The first-order valence-corrected chi connectivity index (χ1v) is 6.87. The second-order valence-electron chi connectivity index (χ2n) is 5.02. The number of aliphatic hydroxyl groups excluding tert-OH is 1. The van der Waals surface area contributed by atoms with Gasteiger partial charge in [0.15, 0.2) is 0 Å². The number of fused-ring (bicyclic) bond motifs is 1. The minimum atomic E-state index is -0.879. The number of aromatic amines is 1. The zero-order valence-corrected chi connectivity index (χ0v) is 11.7. The molecule has 0 saturated carbocycles.